The highest BCUT2D eigenvalue weighted by atomic mass is 35.5. The van der Waals surface area contributed by atoms with Crippen LogP contribution in [0, 0.1) is 5.92 Å². The van der Waals surface area contributed by atoms with Gasteiger partial charge in [0.15, 0.2) is 0 Å². The first-order valence-corrected chi connectivity index (χ1v) is 10.8. The van der Waals surface area contributed by atoms with E-state index in [-0.39, 0.29) is 11.9 Å². The van der Waals surface area contributed by atoms with Crippen LogP contribution in [0.1, 0.15) is 50.3 Å². The normalized spacial score (nSPS) is 18.0. The molecule has 2 aromatic rings. The number of hydrogen-bond acceptors (Lipinski definition) is 2. The van der Waals surface area contributed by atoms with E-state index in [0.29, 0.717) is 22.9 Å². The molecule has 1 saturated heterocycles. The van der Waals surface area contributed by atoms with Crippen molar-refractivity contribution >= 4 is 34.8 Å². The Labute approximate surface area is 178 Å². The number of halogens is 2. The Balaban J connectivity index is 1.52. The van der Waals surface area contributed by atoms with Gasteiger partial charge in [0, 0.05) is 35.2 Å². The van der Waals surface area contributed by atoms with Gasteiger partial charge in [-0.1, -0.05) is 48.3 Å². The van der Waals surface area contributed by atoms with E-state index in [9.17, 15) is 4.79 Å². The lowest BCUT2D eigenvalue weighted by atomic mass is 9.99. The molecule has 0 unspecified atom stereocenters. The van der Waals surface area contributed by atoms with Gasteiger partial charge in [-0.05, 0) is 67.5 Å². The number of anilines is 1. The van der Waals surface area contributed by atoms with Gasteiger partial charge in [0.25, 0.3) is 0 Å². The summed E-state index contributed by atoms with van der Waals surface area (Å²) in [5, 5.41) is 4.29. The number of rotatable bonds is 6. The number of benzene rings is 2. The third-order valence-electron chi connectivity index (χ3n) is 5.43. The smallest absolute Gasteiger partial charge is 0.220 e. The zero-order valence-corrected chi connectivity index (χ0v) is 18.1. The van der Waals surface area contributed by atoms with Crippen LogP contribution >= 0.6 is 23.2 Å². The fourth-order valence-corrected chi connectivity index (χ4v) is 4.27. The van der Waals surface area contributed by atoms with Gasteiger partial charge < -0.3 is 10.2 Å². The summed E-state index contributed by atoms with van der Waals surface area (Å²) in [5.41, 5.74) is 3.33. The summed E-state index contributed by atoms with van der Waals surface area (Å²) < 4.78 is 0. The third kappa shape index (κ3) is 5.65. The van der Waals surface area contributed by atoms with Crippen molar-refractivity contribution in [2.24, 2.45) is 5.92 Å². The first-order chi connectivity index (χ1) is 13.4. The van der Waals surface area contributed by atoms with Crippen molar-refractivity contribution in [1.82, 2.24) is 5.32 Å². The summed E-state index contributed by atoms with van der Waals surface area (Å²) in [6.45, 7) is 6.59. The number of carbonyl (C=O) groups is 1. The topological polar surface area (TPSA) is 32.3 Å². The van der Waals surface area contributed by atoms with Crippen molar-refractivity contribution in [3.05, 3.63) is 63.6 Å². The number of nitrogens with one attached hydrogen (secondary N) is 1. The van der Waals surface area contributed by atoms with Crippen LogP contribution in [-0.2, 0) is 11.2 Å². The molecule has 0 saturated carbocycles. The summed E-state index contributed by atoms with van der Waals surface area (Å²) in [7, 11) is 0. The van der Waals surface area contributed by atoms with Crippen molar-refractivity contribution in [2.75, 3.05) is 18.0 Å². The summed E-state index contributed by atoms with van der Waals surface area (Å²) >= 11 is 12.1. The van der Waals surface area contributed by atoms with Gasteiger partial charge in [-0.2, -0.15) is 0 Å². The third-order valence-corrected chi connectivity index (χ3v) is 6.02. The standard InChI is InChI=1S/C23H28Cl2N2O/c1-16-4-3-13-27(15-16)21-10-6-18(7-11-21)17(2)26-23(28)12-8-19-5-9-20(24)14-22(19)25/h5-7,9-11,14,16-17H,3-4,8,12-13,15H2,1-2H3,(H,26,28)/t16-,17+/m0/s1. The van der Waals surface area contributed by atoms with Crippen molar-refractivity contribution in [3.8, 4) is 0 Å². The number of carbonyl (C=O) groups excluding carboxylic acids is 1. The average Bonchev–Trinajstić information content (AvgIpc) is 2.67. The molecule has 0 bridgehead atoms. The molecule has 0 aliphatic carbocycles. The Morgan fingerprint density at radius 1 is 1.21 bits per heavy atom. The Morgan fingerprint density at radius 2 is 1.96 bits per heavy atom. The van der Waals surface area contributed by atoms with Gasteiger partial charge in [-0.15, -0.1) is 0 Å². The highest BCUT2D eigenvalue weighted by Gasteiger charge is 2.17. The lowest BCUT2D eigenvalue weighted by Gasteiger charge is -2.33. The highest BCUT2D eigenvalue weighted by Crippen LogP contribution is 2.25. The van der Waals surface area contributed by atoms with Crippen LogP contribution in [0.4, 0.5) is 5.69 Å². The minimum Gasteiger partial charge on any atom is -0.371 e. The van der Waals surface area contributed by atoms with Crippen molar-refractivity contribution in [2.45, 2.75) is 45.6 Å². The maximum Gasteiger partial charge on any atom is 0.220 e. The average molecular weight is 419 g/mol. The van der Waals surface area contributed by atoms with Crippen LogP contribution in [0.3, 0.4) is 0 Å². The first kappa shape index (κ1) is 21.0. The second kappa shape index (κ2) is 9.67. The predicted octanol–water partition coefficient (Wildman–Crippen LogP) is 6.04. The van der Waals surface area contributed by atoms with Crippen molar-refractivity contribution < 1.29 is 4.79 Å². The molecule has 5 heteroatoms. The maximum atomic E-state index is 12.3. The van der Waals surface area contributed by atoms with Crippen LogP contribution in [0.2, 0.25) is 10.0 Å². The van der Waals surface area contributed by atoms with Crippen molar-refractivity contribution in [3.63, 3.8) is 0 Å². The Hall–Kier alpha value is -1.71. The van der Waals surface area contributed by atoms with Crippen LogP contribution in [0.15, 0.2) is 42.5 Å². The van der Waals surface area contributed by atoms with E-state index in [4.69, 9.17) is 23.2 Å². The monoisotopic (exact) mass is 418 g/mol. The molecule has 0 radical (unpaired) electrons. The Kier molecular flexibility index (Phi) is 7.25. The van der Waals surface area contributed by atoms with Gasteiger partial charge in [0.1, 0.15) is 0 Å². The molecule has 1 amide bonds. The van der Waals surface area contributed by atoms with E-state index in [0.717, 1.165) is 30.1 Å². The molecular weight excluding hydrogens is 391 g/mol. The lowest BCUT2D eigenvalue weighted by molar-refractivity contribution is -0.121. The summed E-state index contributed by atoms with van der Waals surface area (Å²) in [4.78, 5) is 14.8. The Morgan fingerprint density at radius 3 is 2.64 bits per heavy atom. The molecule has 0 spiro atoms. The van der Waals surface area contributed by atoms with E-state index >= 15 is 0 Å². The molecule has 3 nitrogen and oxygen atoms in total. The Bertz CT molecular complexity index is 807. The summed E-state index contributed by atoms with van der Waals surface area (Å²) in [5.74, 6) is 0.772. The van der Waals surface area contributed by atoms with Gasteiger partial charge in [0.2, 0.25) is 5.91 Å². The second-order valence-electron chi connectivity index (χ2n) is 7.81. The highest BCUT2D eigenvalue weighted by molar-refractivity contribution is 6.35. The number of nitrogens with zero attached hydrogens (tertiary/aromatic N) is 1. The molecule has 3 rings (SSSR count). The van der Waals surface area contributed by atoms with Gasteiger partial charge in [0.05, 0.1) is 6.04 Å². The quantitative estimate of drug-likeness (QED) is 0.619. The van der Waals surface area contributed by atoms with E-state index < -0.39 is 0 Å². The van der Waals surface area contributed by atoms with Crippen molar-refractivity contribution in [1.29, 1.82) is 0 Å². The molecule has 1 N–H and O–H groups in total. The van der Waals surface area contributed by atoms with E-state index in [2.05, 4.69) is 41.4 Å². The molecule has 2 atom stereocenters. The molecule has 1 aliphatic rings. The minimum atomic E-state index is -0.0254. The summed E-state index contributed by atoms with van der Waals surface area (Å²) in [6.07, 6.45) is 3.57. The van der Waals surface area contributed by atoms with E-state index in [1.807, 2.05) is 13.0 Å². The number of aryl methyl sites for hydroxylation is 1. The zero-order valence-electron chi connectivity index (χ0n) is 16.6. The van der Waals surface area contributed by atoms with Gasteiger partial charge in [-0.3, -0.25) is 4.79 Å². The lowest BCUT2D eigenvalue weighted by Crippen LogP contribution is -2.34. The molecular formula is C23H28Cl2N2O. The zero-order chi connectivity index (χ0) is 20.1. The number of amides is 1. The first-order valence-electron chi connectivity index (χ1n) is 10.0. The molecule has 28 heavy (non-hydrogen) atoms. The maximum absolute atomic E-state index is 12.3. The molecule has 1 heterocycles. The molecule has 150 valence electrons. The van der Waals surface area contributed by atoms with Crippen LogP contribution < -0.4 is 10.2 Å². The van der Waals surface area contributed by atoms with Gasteiger partial charge in [-0.25, -0.2) is 0 Å². The van der Waals surface area contributed by atoms with Crippen LogP contribution in [0.5, 0.6) is 0 Å². The fourth-order valence-electron chi connectivity index (χ4n) is 3.77. The predicted molar refractivity (Wildman–Crippen MR) is 118 cm³/mol. The van der Waals surface area contributed by atoms with Crippen LogP contribution in [0.25, 0.3) is 0 Å². The fraction of sp³-hybridized carbons (Fsp3) is 0.435. The van der Waals surface area contributed by atoms with E-state index in [1.165, 1.54) is 18.5 Å². The second-order valence-corrected chi connectivity index (χ2v) is 8.65. The number of hydrogen-bond donors (Lipinski definition) is 1. The summed E-state index contributed by atoms with van der Waals surface area (Å²) in [6, 6.07) is 13.9. The van der Waals surface area contributed by atoms with Gasteiger partial charge >= 0.3 is 0 Å². The number of piperidine rings is 1. The van der Waals surface area contributed by atoms with E-state index in [1.54, 1.807) is 12.1 Å². The minimum absolute atomic E-state index is 0.0208. The largest absolute Gasteiger partial charge is 0.371 e. The molecule has 1 aliphatic heterocycles. The van der Waals surface area contributed by atoms with Crippen LogP contribution in [-0.4, -0.2) is 19.0 Å². The molecule has 1 fully saturated rings. The SMILES string of the molecule is C[C@H]1CCCN(c2ccc([C@@H](C)NC(=O)CCc3ccc(Cl)cc3Cl)cc2)C1. The molecule has 2 aromatic carbocycles. The molecule has 0 aromatic heterocycles.